The summed E-state index contributed by atoms with van der Waals surface area (Å²) in [4.78, 5) is 7.76. The van der Waals surface area contributed by atoms with Crippen LogP contribution in [0.25, 0.3) is 10.9 Å². The quantitative estimate of drug-likeness (QED) is 0.409. The van der Waals surface area contributed by atoms with Crippen LogP contribution in [0.1, 0.15) is 24.0 Å². The molecule has 0 bridgehead atoms. The number of guanidine groups is 1. The van der Waals surface area contributed by atoms with Gasteiger partial charge in [0.1, 0.15) is 0 Å². The minimum Gasteiger partial charge on any atom is -0.381 e. The fraction of sp³-hybridized carbons (Fsp3) is 0.375. The Morgan fingerprint density at radius 2 is 1.87 bits per heavy atom. The Balaban J connectivity index is 1.38. The summed E-state index contributed by atoms with van der Waals surface area (Å²) in [5, 5.41) is 9.10. The minimum absolute atomic E-state index is 0.0505. The third-order valence-electron chi connectivity index (χ3n) is 6.07. The molecule has 3 N–H and O–H groups in total. The van der Waals surface area contributed by atoms with Gasteiger partial charge in [0, 0.05) is 60.9 Å². The van der Waals surface area contributed by atoms with E-state index in [1.807, 2.05) is 19.2 Å². The van der Waals surface area contributed by atoms with Gasteiger partial charge < -0.3 is 20.4 Å². The first-order valence-electron chi connectivity index (χ1n) is 10.5. The Bertz CT molecular complexity index is 1010. The lowest BCUT2D eigenvalue weighted by molar-refractivity contribution is 0.0514. The van der Waals surface area contributed by atoms with E-state index in [1.54, 1.807) is 0 Å². The maximum atomic E-state index is 6.57. The normalized spacial score (nSPS) is 16.5. The number of hydrogen-bond acceptors (Lipinski definition) is 2. The van der Waals surface area contributed by atoms with Crippen LogP contribution in [0.15, 0.2) is 59.7 Å². The van der Waals surface area contributed by atoms with Gasteiger partial charge in [0.05, 0.1) is 0 Å². The van der Waals surface area contributed by atoms with Gasteiger partial charge in [-0.05, 0) is 42.5 Å². The molecule has 158 valence electrons. The van der Waals surface area contributed by atoms with E-state index in [9.17, 15) is 0 Å². The summed E-state index contributed by atoms with van der Waals surface area (Å²) < 4.78 is 5.64. The predicted octanol–water partition coefficient (Wildman–Crippen LogP) is 4.28. The molecule has 0 atom stereocenters. The van der Waals surface area contributed by atoms with Gasteiger partial charge >= 0.3 is 0 Å². The number of aliphatic imine (C=N–C) groups is 1. The maximum Gasteiger partial charge on any atom is 0.191 e. The second-order valence-corrected chi connectivity index (χ2v) is 8.24. The molecule has 30 heavy (non-hydrogen) atoms. The number of nitrogens with zero attached hydrogens (tertiary/aromatic N) is 1. The molecule has 1 aliphatic rings. The molecule has 1 aromatic heterocycles. The lowest BCUT2D eigenvalue weighted by Crippen LogP contribution is -2.48. The first-order valence-corrected chi connectivity index (χ1v) is 10.9. The van der Waals surface area contributed by atoms with Crippen molar-refractivity contribution in [3.63, 3.8) is 0 Å². The Morgan fingerprint density at radius 3 is 2.67 bits per heavy atom. The number of fused-ring (bicyclic) bond motifs is 1. The lowest BCUT2D eigenvalue weighted by Gasteiger charge is -2.38. The number of rotatable bonds is 6. The largest absolute Gasteiger partial charge is 0.381 e. The number of para-hydroxylation sites is 1. The maximum absolute atomic E-state index is 6.57. The highest BCUT2D eigenvalue weighted by Gasteiger charge is 2.36. The molecule has 1 saturated heterocycles. The fourth-order valence-corrected chi connectivity index (χ4v) is 4.66. The zero-order chi connectivity index (χ0) is 20.8. The van der Waals surface area contributed by atoms with E-state index in [0.717, 1.165) is 56.5 Å². The van der Waals surface area contributed by atoms with Gasteiger partial charge in [-0.2, -0.15) is 0 Å². The molecular weight excluding hydrogens is 396 g/mol. The van der Waals surface area contributed by atoms with Crippen LogP contribution in [-0.4, -0.2) is 44.3 Å². The van der Waals surface area contributed by atoms with E-state index in [1.165, 1.54) is 22.0 Å². The van der Waals surface area contributed by atoms with Crippen molar-refractivity contribution in [3.8, 4) is 0 Å². The molecule has 2 aromatic carbocycles. The molecule has 0 amide bonds. The summed E-state index contributed by atoms with van der Waals surface area (Å²) in [5.74, 6) is 0.813. The molecule has 3 aromatic rings. The van der Waals surface area contributed by atoms with Crippen LogP contribution in [-0.2, 0) is 16.6 Å². The molecule has 1 fully saturated rings. The van der Waals surface area contributed by atoms with Crippen LogP contribution in [0, 0.1) is 0 Å². The monoisotopic (exact) mass is 424 g/mol. The van der Waals surface area contributed by atoms with Crippen molar-refractivity contribution in [2.45, 2.75) is 24.7 Å². The van der Waals surface area contributed by atoms with E-state index >= 15 is 0 Å². The first-order chi connectivity index (χ1) is 14.7. The van der Waals surface area contributed by atoms with Crippen molar-refractivity contribution in [2.24, 2.45) is 4.99 Å². The van der Waals surface area contributed by atoms with Gasteiger partial charge in [-0.15, -0.1) is 0 Å². The average molecular weight is 425 g/mol. The van der Waals surface area contributed by atoms with E-state index in [4.69, 9.17) is 16.3 Å². The van der Waals surface area contributed by atoms with Gasteiger partial charge in [-0.25, -0.2) is 0 Å². The number of nitrogens with one attached hydrogen (secondary N) is 3. The van der Waals surface area contributed by atoms with Crippen LogP contribution < -0.4 is 10.6 Å². The van der Waals surface area contributed by atoms with Crippen molar-refractivity contribution in [1.82, 2.24) is 15.6 Å². The Morgan fingerprint density at radius 1 is 1.10 bits per heavy atom. The van der Waals surface area contributed by atoms with Crippen molar-refractivity contribution in [2.75, 3.05) is 33.4 Å². The molecule has 5 nitrogen and oxygen atoms in total. The highest BCUT2D eigenvalue weighted by Crippen LogP contribution is 2.38. The number of H-pyrrole nitrogens is 1. The summed E-state index contributed by atoms with van der Waals surface area (Å²) in [6.45, 7) is 3.08. The minimum atomic E-state index is -0.0505. The molecule has 0 spiro atoms. The summed E-state index contributed by atoms with van der Waals surface area (Å²) >= 11 is 6.57. The number of aromatic amines is 1. The van der Waals surface area contributed by atoms with Crippen LogP contribution >= 0.6 is 11.6 Å². The van der Waals surface area contributed by atoms with E-state index in [0.29, 0.717) is 0 Å². The molecule has 0 aliphatic carbocycles. The van der Waals surface area contributed by atoms with E-state index in [2.05, 4.69) is 63.2 Å². The van der Waals surface area contributed by atoms with Crippen LogP contribution in [0.4, 0.5) is 0 Å². The molecule has 0 radical (unpaired) electrons. The second-order valence-electron chi connectivity index (χ2n) is 7.83. The second kappa shape index (κ2) is 9.54. The van der Waals surface area contributed by atoms with Gasteiger partial charge in [0.25, 0.3) is 0 Å². The fourth-order valence-electron chi connectivity index (χ4n) is 4.32. The zero-order valence-electron chi connectivity index (χ0n) is 17.4. The third-order valence-corrected chi connectivity index (χ3v) is 6.40. The predicted molar refractivity (Wildman–Crippen MR) is 125 cm³/mol. The first kappa shape index (κ1) is 20.8. The average Bonchev–Trinajstić information content (AvgIpc) is 3.20. The molecule has 2 heterocycles. The van der Waals surface area contributed by atoms with Gasteiger partial charge in [-0.1, -0.05) is 48.0 Å². The van der Waals surface area contributed by atoms with Crippen molar-refractivity contribution < 1.29 is 4.74 Å². The van der Waals surface area contributed by atoms with Gasteiger partial charge in [0.2, 0.25) is 0 Å². The van der Waals surface area contributed by atoms with Crippen LogP contribution in [0.3, 0.4) is 0 Å². The third kappa shape index (κ3) is 4.47. The highest BCUT2D eigenvalue weighted by atomic mass is 35.5. The summed E-state index contributed by atoms with van der Waals surface area (Å²) in [5.41, 5.74) is 3.63. The SMILES string of the molecule is CN=C(NCCc1c[nH]c2ccccc12)NCC1(c2ccccc2Cl)CCOCC1. The van der Waals surface area contributed by atoms with Gasteiger partial charge in [0.15, 0.2) is 5.96 Å². The lowest BCUT2D eigenvalue weighted by atomic mass is 9.74. The smallest absolute Gasteiger partial charge is 0.191 e. The number of halogens is 1. The topological polar surface area (TPSA) is 61.4 Å². The van der Waals surface area contributed by atoms with Crippen molar-refractivity contribution in [1.29, 1.82) is 0 Å². The zero-order valence-corrected chi connectivity index (χ0v) is 18.1. The van der Waals surface area contributed by atoms with Crippen LogP contribution in [0.2, 0.25) is 5.02 Å². The molecule has 4 rings (SSSR count). The highest BCUT2D eigenvalue weighted by molar-refractivity contribution is 6.31. The summed E-state index contributed by atoms with van der Waals surface area (Å²) in [6, 6.07) is 16.6. The van der Waals surface area contributed by atoms with Crippen molar-refractivity contribution >= 4 is 28.5 Å². The van der Waals surface area contributed by atoms with Crippen molar-refractivity contribution in [3.05, 3.63) is 70.9 Å². The standard InChI is InChI=1S/C24H29ClN4O/c1-26-23(27-13-10-18-16-28-22-9-5-2-6-19(18)22)29-17-24(11-14-30-15-12-24)20-7-3-4-8-21(20)25/h2-9,16,28H,10-15,17H2,1H3,(H2,26,27,29). The molecular formula is C24H29ClN4O. The number of aromatic nitrogens is 1. The molecule has 1 aliphatic heterocycles. The van der Waals surface area contributed by atoms with Crippen LogP contribution in [0.5, 0.6) is 0 Å². The summed E-state index contributed by atoms with van der Waals surface area (Å²) in [6.07, 6.45) is 4.90. The number of benzene rings is 2. The molecule has 6 heteroatoms. The Labute approximate surface area is 182 Å². The number of hydrogen-bond donors (Lipinski definition) is 3. The molecule has 0 saturated carbocycles. The Hall–Kier alpha value is -2.50. The Kier molecular flexibility index (Phi) is 6.60. The summed E-state index contributed by atoms with van der Waals surface area (Å²) in [7, 11) is 1.81. The molecule has 0 unspecified atom stereocenters. The van der Waals surface area contributed by atoms with E-state index < -0.39 is 0 Å². The van der Waals surface area contributed by atoms with E-state index in [-0.39, 0.29) is 5.41 Å². The number of ether oxygens (including phenoxy) is 1. The van der Waals surface area contributed by atoms with Gasteiger partial charge in [-0.3, -0.25) is 4.99 Å².